The molecule has 0 radical (unpaired) electrons. The fourth-order valence-electron chi connectivity index (χ4n) is 8.56. The standard InChI is InChI=1S/C58H97N11O10/c1-17-18-19-20-21-25-28-41(61-49(73)45-35-79-52(64-45)40-26-23-22-24-27-40)47(71)62-43(32-37(4)5)50(74)66-57(11,12)54(77)65-42(31-36(2)3)48(72)63-44(33-38(6)7)51(75)67-58(13,14)55(78)68-56(9,10)53(76)59-30-29-46(70)60-39(8)34-69(15)16/h22-24,26-27,35-39,41-44H,17-21,25,28-34H2,1-16H3,(H,59,76)(H,60,70)(H,61,73)(H,62,71)(H,63,72)(H,65,77)(H,66,74)(H,67,75)(H,68,78)/t39-,41-,42-,43-,44-/m0/s1. The number of nitrogens with zero attached hydrogens (tertiary/aromatic N) is 2. The Kier molecular flexibility index (Phi) is 28.4. The second-order valence-electron chi connectivity index (χ2n) is 24.1. The number of amides is 9. The smallest absolute Gasteiger partial charge is 0.273 e. The van der Waals surface area contributed by atoms with Crippen LogP contribution in [0.5, 0.6) is 0 Å². The number of nitrogens with one attached hydrogen (secondary N) is 9. The molecule has 0 aliphatic carbocycles. The van der Waals surface area contributed by atoms with Crippen LogP contribution in [0.1, 0.15) is 178 Å². The molecule has 0 fully saturated rings. The topological polar surface area (TPSA) is 291 Å². The lowest BCUT2D eigenvalue weighted by atomic mass is 9.96. The van der Waals surface area contributed by atoms with Crippen LogP contribution in [0.2, 0.25) is 0 Å². The number of oxazole rings is 1. The zero-order chi connectivity index (χ0) is 59.8. The average molecular weight is 1110 g/mol. The van der Waals surface area contributed by atoms with E-state index in [0.29, 0.717) is 24.9 Å². The zero-order valence-electron chi connectivity index (χ0n) is 50.3. The maximum Gasteiger partial charge on any atom is 0.273 e. The van der Waals surface area contributed by atoms with E-state index in [0.717, 1.165) is 32.1 Å². The monoisotopic (exact) mass is 1110 g/mol. The van der Waals surface area contributed by atoms with Crippen molar-refractivity contribution in [3.63, 3.8) is 0 Å². The molecular weight excluding hydrogens is 1010 g/mol. The minimum Gasteiger partial charge on any atom is -0.444 e. The lowest BCUT2D eigenvalue weighted by Gasteiger charge is -2.33. The SMILES string of the molecule is CCCCCCCC[C@H](NC(=O)c1coc(-c2ccccc2)n1)C(=O)N[C@@H](CC(C)C)C(=O)NC(C)(C)C(=O)N[C@@H](CC(C)C)C(=O)N[C@@H](CC(C)C)C(=O)NC(C)(C)C(=O)NC(C)(C)C(=O)NCCC(=O)N[C@@H](C)CN(C)C. The molecule has 0 saturated heterocycles. The quantitative estimate of drug-likeness (QED) is 0.0411. The summed E-state index contributed by atoms with van der Waals surface area (Å²) < 4.78 is 5.59. The second-order valence-corrected chi connectivity index (χ2v) is 24.1. The second kappa shape index (κ2) is 32.6. The Morgan fingerprint density at radius 1 is 0.557 bits per heavy atom. The van der Waals surface area contributed by atoms with Crippen LogP contribution in [0.15, 0.2) is 41.0 Å². The van der Waals surface area contributed by atoms with Gasteiger partial charge >= 0.3 is 0 Å². The highest BCUT2D eigenvalue weighted by Gasteiger charge is 2.40. The van der Waals surface area contributed by atoms with Crippen LogP contribution >= 0.6 is 0 Å². The molecule has 9 amide bonds. The van der Waals surface area contributed by atoms with E-state index >= 15 is 0 Å². The first kappa shape index (κ1) is 68.7. The number of likely N-dealkylation sites (N-methyl/N-ethyl adjacent to an activating group) is 1. The number of benzene rings is 1. The van der Waals surface area contributed by atoms with Gasteiger partial charge in [0.2, 0.25) is 53.1 Å². The number of carbonyl (C=O) groups is 9. The van der Waals surface area contributed by atoms with Gasteiger partial charge < -0.3 is 57.2 Å². The molecule has 444 valence electrons. The molecule has 1 heterocycles. The molecule has 9 N–H and O–H groups in total. The largest absolute Gasteiger partial charge is 0.444 e. The molecule has 21 nitrogen and oxygen atoms in total. The molecule has 79 heavy (non-hydrogen) atoms. The molecular formula is C58H97N11O10. The Balaban J connectivity index is 2.22. The van der Waals surface area contributed by atoms with Crippen molar-refractivity contribution < 1.29 is 47.6 Å². The third-order valence-corrected chi connectivity index (χ3v) is 12.9. The molecule has 0 saturated carbocycles. The summed E-state index contributed by atoms with van der Waals surface area (Å²) in [7, 11) is 3.80. The fraction of sp³-hybridized carbons (Fsp3) is 0.690. The first-order valence-corrected chi connectivity index (χ1v) is 28.2. The maximum absolute atomic E-state index is 14.2. The van der Waals surface area contributed by atoms with Crippen LogP contribution in [-0.4, -0.2) is 137 Å². The van der Waals surface area contributed by atoms with Gasteiger partial charge in [0.1, 0.15) is 47.0 Å². The van der Waals surface area contributed by atoms with Crippen LogP contribution in [0.3, 0.4) is 0 Å². The zero-order valence-corrected chi connectivity index (χ0v) is 50.3. The van der Waals surface area contributed by atoms with Gasteiger partial charge in [0.05, 0.1) is 0 Å². The fourth-order valence-corrected chi connectivity index (χ4v) is 8.56. The highest BCUT2D eigenvalue weighted by atomic mass is 16.3. The van der Waals surface area contributed by atoms with Gasteiger partial charge in [0, 0.05) is 31.1 Å². The van der Waals surface area contributed by atoms with E-state index in [1.807, 2.05) is 85.7 Å². The van der Waals surface area contributed by atoms with Crippen LogP contribution in [0, 0.1) is 17.8 Å². The number of hydrogen-bond donors (Lipinski definition) is 9. The van der Waals surface area contributed by atoms with E-state index in [2.05, 4.69) is 59.8 Å². The van der Waals surface area contributed by atoms with E-state index in [-0.39, 0.29) is 73.5 Å². The Morgan fingerprint density at radius 3 is 1.56 bits per heavy atom. The molecule has 0 unspecified atom stereocenters. The molecule has 2 rings (SSSR count). The van der Waals surface area contributed by atoms with Crippen molar-refractivity contribution in [2.75, 3.05) is 27.2 Å². The number of rotatable bonds is 35. The summed E-state index contributed by atoms with van der Waals surface area (Å²) in [6.45, 7) is 24.8. The van der Waals surface area contributed by atoms with Gasteiger partial charge in [-0.15, -0.1) is 0 Å². The third-order valence-electron chi connectivity index (χ3n) is 12.9. The van der Waals surface area contributed by atoms with Gasteiger partial charge in [0.25, 0.3) is 5.91 Å². The van der Waals surface area contributed by atoms with Crippen molar-refractivity contribution in [3.8, 4) is 11.5 Å². The number of aromatic nitrogens is 1. The molecule has 0 bridgehead atoms. The van der Waals surface area contributed by atoms with Crippen molar-refractivity contribution in [2.45, 2.75) is 214 Å². The third kappa shape index (κ3) is 25.1. The van der Waals surface area contributed by atoms with Gasteiger partial charge in [-0.2, -0.15) is 0 Å². The molecule has 2 aromatic rings. The van der Waals surface area contributed by atoms with E-state index < -0.39 is 88.0 Å². The van der Waals surface area contributed by atoms with Gasteiger partial charge in [-0.25, -0.2) is 4.98 Å². The van der Waals surface area contributed by atoms with E-state index in [4.69, 9.17) is 4.42 Å². The lowest BCUT2D eigenvalue weighted by Crippen LogP contribution is -2.65. The van der Waals surface area contributed by atoms with E-state index in [1.54, 1.807) is 12.1 Å². The predicted octanol–water partition coefficient (Wildman–Crippen LogP) is 5.04. The van der Waals surface area contributed by atoms with Gasteiger partial charge in [-0.1, -0.05) is 105 Å². The maximum atomic E-state index is 14.2. The summed E-state index contributed by atoms with van der Waals surface area (Å²) in [5.41, 5.74) is -3.99. The Morgan fingerprint density at radius 2 is 1.04 bits per heavy atom. The van der Waals surface area contributed by atoms with Gasteiger partial charge in [-0.05, 0) is 118 Å². The van der Waals surface area contributed by atoms with Gasteiger partial charge in [0.15, 0.2) is 5.69 Å². The lowest BCUT2D eigenvalue weighted by molar-refractivity contribution is -0.139. The molecule has 0 aliphatic heterocycles. The first-order valence-electron chi connectivity index (χ1n) is 28.2. The van der Waals surface area contributed by atoms with E-state index in [9.17, 15) is 43.2 Å². The highest BCUT2D eigenvalue weighted by molar-refractivity contribution is 6.00. The summed E-state index contributed by atoms with van der Waals surface area (Å²) in [5.74, 6) is -5.44. The van der Waals surface area contributed by atoms with Crippen molar-refractivity contribution in [2.24, 2.45) is 17.8 Å². The molecule has 0 aliphatic rings. The Hall–Kier alpha value is -6.38. The summed E-state index contributed by atoms with van der Waals surface area (Å²) >= 11 is 0. The number of hydrogen-bond acceptors (Lipinski definition) is 12. The molecule has 5 atom stereocenters. The molecule has 1 aromatic heterocycles. The summed E-state index contributed by atoms with van der Waals surface area (Å²) in [6, 6.07) is 4.52. The highest BCUT2D eigenvalue weighted by Crippen LogP contribution is 2.20. The molecule has 0 spiro atoms. The predicted molar refractivity (Wildman–Crippen MR) is 306 cm³/mol. The van der Waals surface area contributed by atoms with Crippen LogP contribution in [-0.2, 0) is 38.4 Å². The summed E-state index contributed by atoms with van der Waals surface area (Å²) in [4.78, 5) is 130. The summed E-state index contributed by atoms with van der Waals surface area (Å²) in [5, 5.41) is 25.0. The van der Waals surface area contributed by atoms with Crippen molar-refractivity contribution in [1.82, 2.24) is 57.7 Å². The average Bonchev–Trinajstić information content (AvgIpc) is 3.84. The van der Waals surface area contributed by atoms with Crippen molar-refractivity contribution in [1.29, 1.82) is 0 Å². The van der Waals surface area contributed by atoms with E-state index in [1.165, 1.54) is 47.8 Å². The van der Waals surface area contributed by atoms with Crippen LogP contribution < -0.4 is 47.9 Å². The minimum absolute atomic E-state index is 0.0121. The molecule has 1 aromatic carbocycles. The Labute approximate surface area is 470 Å². The minimum atomic E-state index is -1.63. The van der Waals surface area contributed by atoms with Crippen LogP contribution in [0.25, 0.3) is 11.5 Å². The number of carbonyl (C=O) groups excluding carboxylic acids is 9. The normalized spacial score (nSPS) is 13.9. The summed E-state index contributed by atoms with van der Waals surface area (Å²) in [6.07, 6.45) is 7.72. The first-order chi connectivity index (χ1) is 36.8. The van der Waals surface area contributed by atoms with Crippen molar-refractivity contribution in [3.05, 3.63) is 42.3 Å². The number of unbranched alkanes of at least 4 members (excludes halogenated alkanes) is 5. The van der Waals surface area contributed by atoms with Crippen LogP contribution in [0.4, 0.5) is 0 Å². The van der Waals surface area contributed by atoms with Gasteiger partial charge in [-0.3, -0.25) is 43.2 Å². The van der Waals surface area contributed by atoms with Crippen molar-refractivity contribution >= 4 is 53.2 Å². The molecule has 21 heteroatoms. The Bertz CT molecular complexity index is 2310.